The van der Waals surface area contributed by atoms with Crippen LogP contribution in [0.15, 0.2) is 42.5 Å². The molecule has 4 rings (SSSR count). The van der Waals surface area contributed by atoms with Gasteiger partial charge in [-0.2, -0.15) is 0 Å². The van der Waals surface area contributed by atoms with E-state index in [1.54, 1.807) is 24.0 Å². The van der Waals surface area contributed by atoms with Crippen molar-refractivity contribution in [3.05, 3.63) is 65.0 Å². The lowest BCUT2D eigenvalue weighted by Crippen LogP contribution is -2.41. The molecule has 2 aromatic rings. The summed E-state index contributed by atoms with van der Waals surface area (Å²) in [5.74, 6) is 0.543. The molecular formula is C25H29FN2O3. The molecule has 0 saturated carbocycles. The Hall–Kier alpha value is -2.89. The maximum absolute atomic E-state index is 13.8. The molecule has 2 aliphatic heterocycles. The molecule has 2 amide bonds. The van der Waals surface area contributed by atoms with Gasteiger partial charge in [-0.05, 0) is 74.6 Å². The number of ether oxygens (including phenoxy) is 1. The number of hydrogen-bond donors (Lipinski definition) is 0. The molecule has 164 valence electrons. The van der Waals surface area contributed by atoms with E-state index in [4.69, 9.17) is 4.74 Å². The van der Waals surface area contributed by atoms with Crippen molar-refractivity contribution in [2.75, 3.05) is 32.8 Å². The summed E-state index contributed by atoms with van der Waals surface area (Å²) < 4.78 is 19.8. The number of likely N-dealkylation sites (tertiary alicyclic amines) is 2. The van der Waals surface area contributed by atoms with Crippen molar-refractivity contribution in [1.29, 1.82) is 0 Å². The van der Waals surface area contributed by atoms with Gasteiger partial charge in [0.25, 0.3) is 11.8 Å². The van der Waals surface area contributed by atoms with Gasteiger partial charge >= 0.3 is 0 Å². The van der Waals surface area contributed by atoms with Crippen LogP contribution in [0.3, 0.4) is 0 Å². The summed E-state index contributed by atoms with van der Waals surface area (Å²) >= 11 is 0. The summed E-state index contributed by atoms with van der Waals surface area (Å²) in [5, 5.41) is 0. The van der Waals surface area contributed by atoms with Crippen molar-refractivity contribution >= 4 is 11.8 Å². The van der Waals surface area contributed by atoms with E-state index in [-0.39, 0.29) is 23.5 Å². The van der Waals surface area contributed by atoms with E-state index in [2.05, 4.69) is 0 Å². The number of hydrogen-bond acceptors (Lipinski definition) is 3. The van der Waals surface area contributed by atoms with Crippen LogP contribution in [0, 0.1) is 18.7 Å². The van der Waals surface area contributed by atoms with Crippen molar-refractivity contribution in [2.24, 2.45) is 5.92 Å². The highest BCUT2D eigenvalue weighted by molar-refractivity contribution is 5.95. The zero-order chi connectivity index (χ0) is 21.8. The second kappa shape index (κ2) is 9.50. The van der Waals surface area contributed by atoms with Crippen LogP contribution in [-0.4, -0.2) is 54.4 Å². The highest BCUT2D eigenvalue weighted by Gasteiger charge is 2.25. The Morgan fingerprint density at radius 2 is 1.58 bits per heavy atom. The quantitative estimate of drug-likeness (QED) is 0.719. The van der Waals surface area contributed by atoms with Crippen LogP contribution in [-0.2, 0) is 0 Å². The molecule has 2 aliphatic rings. The number of piperidine rings is 1. The minimum absolute atomic E-state index is 0.0815. The average Bonchev–Trinajstić information content (AvgIpc) is 3.34. The Labute approximate surface area is 182 Å². The van der Waals surface area contributed by atoms with E-state index in [0.29, 0.717) is 36.4 Å². The first-order valence-electron chi connectivity index (χ1n) is 11.1. The topological polar surface area (TPSA) is 49.9 Å². The smallest absolute Gasteiger partial charge is 0.253 e. The zero-order valence-corrected chi connectivity index (χ0v) is 18.0. The molecule has 31 heavy (non-hydrogen) atoms. The van der Waals surface area contributed by atoms with Gasteiger partial charge in [-0.25, -0.2) is 4.39 Å². The van der Waals surface area contributed by atoms with Crippen LogP contribution >= 0.6 is 0 Å². The van der Waals surface area contributed by atoms with E-state index in [0.717, 1.165) is 44.5 Å². The fourth-order valence-corrected chi connectivity index (χ4v) is 4.30. The highest BCUT2D eigenvalue weighted by Crippen LogP contribution is 2.22. The highest BCUT2D eigenvalue weighted by atomic mass is 19.1. The second-order valence-corrected chi connectivity index (χ2v) is 8.56. The first-order valence-corrected chi connectivity index (χ1v) is 11.1. The van der Waals surface area contributed by atoms with Gasteiger partial charge in [0.2, 0.25) is 0 Å². The Morgan fingerprint density at radius 1 is 0.935 bits per heavy atom. The molecular weight excluding hydrogens is 395 g/mol. The van der Waals surface area contributed by atoms with Crippen LogP contribution in [0.5, 0.6) is 5.75 Å². The lowest BCUT2D eigenvalue weighted by Gasteiger charge is -2.32. The van der Waals surface area contributed by atoms with Crippen LogP contribution in [0.2, 0.25) is 0 Å². The van der Waals surface area contributed by atoms with Crippen LogP contribution in [0.4, 0.5) is 4.39 Å². The summed E-state index contributed by atoms with van der Waals surface area (Å²) in [6.45, 7) is 5.14. The monoisotopic (exact) mass is 424 g/mol. The Bertz CT molecular complexity index is 938. The second-order valence-electron chi connectivity index (χ2n) is 8.56. The molecule has 0 bridgehead atoms. The average molecular weight is 425 g/mol. The maximum atomic E-state index is 13.8. The van der Waals surface area contributed by atoms with E-state index in [1.165, 1.54) is 6.07 Å². The number of carbonyl (C=O) groups excluding carboxylic acids is 2. The minimum Gasteiger partial charge on any atom is -0.493 e. The fourth-order valence-electron chi connectivity index (χ4n) is 4.30. The predicted octanol–water partition coefficient (Wildman–Crippen LogP) is 4.30. The summed E-state index contributed by atoms with van der Waals surface area (Å²) in [6.07, 6.45) is 4.04. The molecule has 0 N–H and O–H groups in total. The van der Waals surface area contributed by atoms with Crippen molar-refractivity contribution in [2.45, 2.75) is 32.6 Å². The zero-order valence-electron chi connectivity index (χ0n) is 18.0. The molecule has 2 aromatic carbocycles. The molecule has 5 nitrogen and oxygen atoms in total. The van der Waals surface area contributed by atoms with Gasteiger partial charge in [0.05, 0.1) is 6.61 Å². The van der Waals surface area contributed by atoms with Gasteiger partial charge in [-0.3, -0.25) is 9.59 Å². The number of halogens is 1. The van der Waals surface area contributed by atoms with Gasteiger partial charge in [0.1, 0.15) is 11.6 Å². The fraction of sp³-hybridized carbons (Fsp3) is 0.440. The number of amides is 2. The summed E-state index contributed by atoms with van der Waals surface area (Å²) in [7, 11) is 0. The standard InChI is InChI=1S/C25H29FN2O3/c1-18-6-7-21(15-23(18)26)25(30)28-14-4-5-19(16-28)17-31-22-10-8-20(9-11-22)24(29)27-12-2-3-13-27/h6-11,15,19H,2-5,12-14,16-17H2,1H3/t19-/m1/s1. The molecule has 2 heterocycles. The van der Waals surface area contributed by atoms with Gasteiger partial charge < -0.3 is 14.5 Å². The van der Waals surface area contributed by atoms with Crippen molar-refractivity contribution in [3.8, 4) is 5.75 Å². The third kappa shape index (κ3) is 5.06. The largest absolute Gasteiger partial charge is 0.493 e. The molecule has 0 aliphatic carbocycles. The van der Waals surface area contributed by atoms with Gasteiger partial charge in [-0.1, -0.05) is 6.07 Å². The lowest BCUT2D eigenvalue weighted by molar-refractivity contribution is 0.0632. The van der Waals surface area contributed by atoms with Crippen molar-refractivity contribution in [1.82, 2.24) is 9.80 Å². The van der Waals surface area contributed by atoms with Crippen molar-refractivity contribution < 1.29 is 18.7 Å². The van der Waals surface area contributed by atoms with E-state index < -0.39 is 0 Å². The summed E-state index contributed by atoms with van der Waals surface area (Å²) in [4.78, 5) is 28.9. The number of nitrogens with zero attached hydrogens (tertiary/aromatic N) is 2. The molecule has 0 unspecified atom stereocenters. The molecule has 0 aromatic heterocycles. The normalized spacial score (nSPS) is 18.8. The number of benzene rings is 2. The van der Waals surface area contributed by atoms with E-state index in [1.807, 2.05) is 29.2 Å². The van der Waals surface area contributed by atoms with Gasteiger partial charge in [0.15, 0.2) is 0 Å². The molecule has 6 heteroatoms. The summed E-state index contributed by atoms with van der Waals surface area (Å²) in [6, 6.07) is 12.0. The molecule has 1 atom stereocenters. The lowest BCUT2D eigenvalue weighted by atomic mass is 9.98. The van der Waals surface area contributed by atoms with Crippen LogP contribution < -0.4 is 4.74 Å². The third-order valence-corrected chi connectivity index (χ3v) is 6.21. The van der Waals surface area contributed by atoms with Gasteiger partial charge in [0, 0.05) is 43.2 Å². The van der Waals surface area contributed by atoms with E-state index in [9.17, 15) is 14.0 Å². The Kier molecular flexibility index (Phi) is 6.54. The van der Waals surface area contributed by atoms with Crippen LogP contribution in [0.1, 0.15) is 52.0 Å². The van der Waals surface area contributed by atoms with Crippen LogP contribution in [0.25, 0.3) is 0 Å². The SMILES string of the molecule is Cc1ccc(C(=O)N2CCC[C@@H](COc3ccc(C(=O)N4CCCC4)cc3)C2)cc1F. The first-order chi connectivity index (χ1) is 15.0. The molecule has 0 spiro atoms. The number of carbonyl (C=O) groups is 2. The number of aryl methyl sites for hydroxylation is 1. The Balaban J connectivity index is 1.31. The first kappa shape index (κ1) is 21.3. The summed E-state index contributed by atoms with van der Waals surface area (Å²) in [5.41, 5.74) is 1.62. The van der Waals surface area contributed by atoms with E-state index >= 15 is 0 Å². The molecule has 2 fully saturated rings. The predicted molar refractivity (Wildman–Crippen MR) is 117 cm³/mol. The van der Waals surface area contributed by atoms with Gasteiger partial charge in [-0.15, -0.1) is 0 Å². The molecule has 0 radical (unpaired) electrons. The van der Waals surface area contributed by atoms with Crippen molar-refractivity contribution in [3.63, 3.8) is 0 Å². The Morgan fingerprint density at radius 3 is 2.29 bits per heavy atom. The number of rotatable bonds is 5. The third-order valence-electron chi connectivity index (χ3n) is 6.21. The molecule has 2 saturated heterocycles. The minimum atomic E-state index is -0.352. The maximum Gasteiger partial charge on any atom is 0.253 e.